The summed E-state index contributed by atoms with van der Waals surface area (Å²) in [4.78, 5) is 12.7. The highest BCUT2D eigenvalue weighted by atomic mass is 16.6. The van der Waals surface area contributed by atoms with Gasteiger partial charge in [0.05, 0.1) is 0 Å². The van der Waals surface area contributed by atoms with Gasteiger partial charge in [0.15, 0.2) is 5.84 Å². The summed E-state index contributed by atoms with van der Waals surface area (Å²) in [5, 5.41) is 9.76. The molecule has 0 fully saturated rings. The third kappa shape index (κ3) is 3.42. The van der Waals surface area contributed by atoms with Crippen LogP contribution in [0.3, 0.4) is 0 Å². The minimum atomic E-state index is -0.512. The topological polar surface area (TPSA) is 93.5 Å². The Morgan fingerprint density at radius 3 is 2.67 bits per heavy atom. The lowest BCUT2D eigenvalue weighted by Crippen LogP contribution is -2.35. The fraction of sp³-hybridized carbons (Fsp3) is 0.667. The van der Waals surface area contributed by atoms with Crippen molar-refractivity contribution < 1.29 is 4.92 Å². The molecule has 9 heavy (non-hydrogen) atoms. The molecule has 0 aliphatic carbocycles. The Bertz CT molecular complexity index is 132. The van der Waals surface area contributed by atoms with E-state index in [9.17, 15) is 10.1 Å². The van der Waals surface area contributed by atoms with Crippen LogP contribution in [0.1, 0.15) is 0 Å². The van der Waals surface area contributed by atoms with Crippen LogP contribution in [0.5, 0.6) is 0 Å². The number of hydrazine groups is 1. The molecule has 0 atom stereocenters. The molecule has 0 radical (unpaired) electrons. The Morgan fingerprint density at radius 2 is 2.56 bits per heavy atom. The van der Waals surface area contributed by atoms with Gasteiger partial charge in [-0.15, -0.1) is 0 Å². The fourth-order valence-corrected chi connectivity index (χ4v) is 0.303. The van der Waals surface area contributed by atoms with Crippen LogP contribution in [0.4, 0.5) is 0 Å². The first-order chi connectivity index (χ1) is 4.20. The largest absolute Gasteiger partial charge is 0.307 e. The molecule has 0 heterocycles. The standard InChI is InChI=1S/C3H8N4O2/c1-5-3(6-4)2-7(8)9/h2,4H2,1H3,(H,5,6). The number of aliphatic imine (C=N–C) groups is 1. The fourth-order valence-electron chi connectivity index (χ4n) is 0.303. The first-order valence-electron chi connectivity index (χ1n) is 2.24. The Morgan fingerprint density at radius 1 is 2.00 bits per heavy atom. The van der Waals surface area contributed by atoms with Gasteiger partial charge in [-0.05, 0) is 0 Å². The number of rotatable bonds is 2. The smallest absolute Gasteiger partial charge is 0.261 e. The molecule has 0 aliphatic heterocycles. The molecule has 0 aromatic carbocycles. The average molecular weight is 132 g/mol. The van der Waals surface area contributed by atoms with E-state index in [4.69, 9.17) is 5.84 Å². The lowest BCUT2D eigenvalue weighted by atomic mass is 10.6. The van der Waals surface area contributed by atoms with Crippen LogP contribution >= 0.6 is 0 Å². The summed E-state index contributed by atoms with van der Waals surface area (Å²) in [6.45, 7) is -0.354. The van der Waals surface area contributed by atoms with Crippen molar-refractivity contribution in [1.82, 2.24) is 5.43 Å². The first-order valence-corrected chi connectivity index (χ1v) is 2.24. The van der Waals surface area contributed by atoms with Gasteiger partial charge in [0.25, 0.3) is 6.54 Å². The number of nitrogens with zero attached hydrogens (tertiary/aromatic N) is 2. The summed E-state index contributed by atoms with van der Waals surface area (Å²) in [7, 11) is 1.43. The SMILES string of the molecule is CN=C(C[N+](=O)[O-])NN. The number of nitro groups is 1. The van der Waals surface area contributed by atoms with Gasteiger partial charge >= 0.3 is 0 Å². The molecule has 0 spiro atoms. The number of nitrogens with two attached hydrogens (primary N) is 1. The predicted molar refractivity (Wildman–Crippen MR) is 32.5 cm³/mol. The molecular weight excluding hydrogens is 124 g/mol. The molecule has 6 heteroatoms. The molecule has 52 valence electrons. The monoisotopic (exact) mass is 132 g/mol. The molecule has 0 aromatic heterocycles. The van der Waals surface area contributed by atoms with E-state index < -0.39 is 4.92 Å². The van der Waals surface area contributed by atoms with Gasteiger partial charge in [-0.3, -0.25) is 15.1 Å². The van der Waals surface area contributed by atoms with Crippen molar-refractivity contribution in [2.75, 3.05) is 13.6 Å². The second-order valence-corrected chi connectivity index (χ2v) is 1.31. The van der Waals surface area contributed by atoms with Gasteiger partial charge in [0, 0.05) is 12.0 Å². The Hall–Kier alpha value is -1.17. The van der Waals surface area contributed by atoms with Crippen molar-refractivity contribution in [1.29, 1.82) is 0 Å². The maximum Gasteiger partial charge on any atom is 0.261 e. The van der Waals surface area contributed by atoms with Crippen molar-refractivity contribution in [3.05, 3.63) is 10.1 Å². The van der Waals surface area contributed by atoms with Crippen molar-refractivity contribution in [2.45, 2.75) is 0 Å². The van der Waals surface area contributed by atoms with Crippen molar-refractivity contribution in [3.63, 3.8) is 0 Å². The van der Waals surface area contributed by atoms with E-state index in [-0.39, 0.29) is 12.4 Å². The van der Waals surface area contributed by atoms with E-state index >= 15 is 0 Å². The Kier molecular flexibility index (Phi) is 3.29. The zero-order valence-corrected chi connectivity index (χ0v) is 5.00. The van der Waals surface area contributed by atoms with Crippen LogP contribution in [0, 0.1) is 10.1 Å². The second kappa shape index (κ2) is 3.79. The third-order valence-electron chi connectivity index (χ3n) is 0.715. The Balaban J connectivity index is 3.71. The molecule has 0 saturated heterocycles. The number of nitrogens with one attached hydrogen (secondary N) is 1. The molecule has 0 amide bonds. The highest BCUT2D eigenvalue weighted by molar-refractivity contribution is 5.82. The van der Waals surface area contributed by atoms with Crippen molar-refractivity contribution in [2.24, 2.45) is 10.8 Å². The van der Waals surface area contributed by atoms with Gasteiger partial charge in [0.2, 0.25) is 0 Å². The van der Waals surface area contributed by atoms with E-state index in [1.165, 1.54) is 7.05 Å². The summed E-state index contributed by atoms with van der Waals surface area (Å²) in [5.74, 6) is 5.01. The zero-order valence-electron chi connectivity index (χ0n) is 5.00. The third-order valence-corrected chi connectivity index (χ3v) is 0.715. The number of hydrogen-bond acceptors (Lipinski definition) is 4. The van der Waals surface area contributed by atoms with Gasteiger partial charge in [0.1, 0.15) is 0 Å². The zero-order chi connectivity index (χ0) is 7.28. The van der Waals surface area contributed by atoms with Crippen LogP contribution in [0.25, 0.3) is 0 Å². The summed E-state index contributed by atoms with van der Waals surface area (Å²) >= 11 is 0. The van der Waals surface area contributed by atoms with Gasteiger partial charge in [-0.2, -0.15) is 0 Å². The summed E-state index contributed by atoms with van der Waals surface area (Å²) in [6.07, 6.45) is 0. The van der Waals surface area contributed by atoms with Gasteiger partial charge in [-0.25, -0.2) is 5.84 Å². The summed E-state index contributed by atoms with van der Waals surface area (Å²) in [5.41, 5.74) is 2.09. The predicted octanol–water partition coefficient (Wildman–Crippen LogP) is -1.25. The van der Waals surface area contributed by atoms with Crippen LogP contribution in [-0.2, 0) is 0 Å². The molecule has 0 unspecified atom stereocenters. The van der Waals surface area contributed by atoms with Crippen LogP contribution in [0.15, 0.2) is 4.99 Å². The van der Waals surface area contributed by atoms with Crippen LogP contribution in [-0.4, -0.2) is 24.4 Å². The van der Waals surface area contributed by atoms with E-state index in [0.717, 1.165) is 0 Å². The van der Waals surface area contributed by atoms with E-state index in [0.29, 0.717) is 0 Å². The summed E-state index contributed by atoms with van der Waals surface area (Å²) < 4.78 is 0. The number of hydrogen-bond donors (Lipinski definition) is 2. The van der Waals surface area contributed by atoms with Gasteiger partial charge in [-0.1, -0.05) is 0 Å². The van der Waals surface area contributed by atoms with E-state index in [1.54, 1.807) is 0 Å². The molecular formula is C3H8N4O2. The molecule has 3 N–H and O–H groups in total. The van der Waals surface area contributed by atoms with Crippen molar-refractivity contribution >= 4 is 5.84 Å². The van der Waals surface area contributed by atoms with E-state index in [1.807, 2.05) is 0 Å². The molecule has 0 aliphatic rings. The highest BCUT2D eigenvalue weighted by Crippen LogP contribution is 1.70. The molecule has 0 saturated carbocycles. The normalized spacial score (nSPS) is 11.1. The summed E-state index contributed by atoms with van der Waals surface area (Å²) in [6, 6.07) is 0. The minimum absolute atomic E-state index is 0.167. The molecule has 0 rings (SSSR count). The quantitative estimate of drug-likeness (QED) is 0.161. The number of amidine groups is 1. The molecule has 0 aromatic rings. The van der Waals surface area contributed by atoms with Crippen LogP contribution in [0.2, 0.25) is 0 Å². The lowest BCUT2D eigenvalue weighted by Gasteiger charge is -1.95. The highest BCUT2D eigenvalue weighted by Gasteiger charge is 2.01. The van der Waals surface area contributed by atoms with E-state index in [2.05, 4.69) is 10.4 Å². The first kappa shape index (κ1) is 7.83. The van der Waals surface area contributed by atoms with Crippen molar-refractivity contribution in [3.8, 4) is 0 Å². The lowest BCUT2D eigenvalue weighted by molar-refractivity contribution is -0.463. The minimum Gasteiger partial charge on any atom is -0.307 e. The second-order valence-electron chi connectivity index (χ2n) is 1.31. The maximum absolute atomic E-state index is 9.76. The maximum atomic E-state index is 9.76. The molecule has 0 bridgehead atoms. The Labute approximate surface area is 51.9 Å². The van der Waals surface area contributed by atoms with Gasteiger partial charge < -0.3 is 5.43 Å². The average Bonchev–Trinajstić information content (AvgIpc) is 1.82. The molecule has 6 nitrogen and oxygen atoms in total. The van der Waals surface area contributed by atoms with Crippen LogP contribution < -0.4 is 11.3 Å².